The van der Waals surface area contributed by atoms with Crippen LogP contribution >= 0.6 is 0 Å². The van der Waals surface area contributed by atoms with E-state index in [9.17, 15) is 4.79 Å². The van der Waals surface area contributed by atoms with E-state index >= 15 is 0 Å². The Morgan fingerprint density at radius 1 is 1.62 bits per heavy atom. The van der Waals surface area contributed by atoms with E-state index in [1.54, 1.807) is 12.3 Å². The van der Waals surface area contributed by atoms with Crippen molar-refractivity contribution in [3.8, 4) is 0 Å². The molecule has 0 atom stereocenters. The zero-order valence-electron chi connectivity index (χ0n) is 7.36. The summed E-state index contributed by atoms with van der Waals surface area (Å²) in [5.41, 5.74) is 0.971. The predicted octanol–water partition coefficient (Wildman–Crippen LogP) is 1.32. The van der Waals surface area contributed by atoms with Crippen molar-refractivity contribution in [1.82, 2.24) is 4.98 Å². The maximum Gasteiger partial charge on any atom is 0.337 e. The molecule has 0 aliphatic rings. The molecule has 1 N–H and O–H groups in total. The van der Waals surface area contributed by atoms with Gasteiger partial charge in [-0.25, -0.2) is 4.79 Å². The Bertz CT molecular complexity index is 299. The average Bonchev–Trinajstić information content (AvgIpc) is 2.15. The molecule has 1 rings (SSSR count). The topological polar surface area (TPSA) is 59.4 Å². The predicted molar refractivity (Wildman–Crippen MR) is 46.5 cm³/mol. The number of nitrogens with zero attached hydrogens (tertiary/aromatic N) is 1. The minimum atomic E-state index is -0.967. The minimum absolute atomic E-state index is 0.192. The molecule has 0 spiro atoms. The van der Waals surface area contributed by atoms with Crippen molar-refractivity contribution >= 4 is 5.97 Å². The van der Waals surface area contributed by atoms with Crippen molar-refractivity contribution in [3.05, 3.63) is 29.6 Å². The monoisotopic (exact) mass is 181 g/mol. The summed E-state index contributed by atoms with van der Waals surface area (Å²) in [6.45, 7) is 2.90. The first-order valence-corrected chi connectivity index (χ1v) is 3.99. The number of hydrogen-bond donors (Lipinski definition) is 1. The van der Waals surface area contributed by atoms with Gasteiger partial charge in [-0.05, 0) is 18.6 Å². The second kappa shape index (κ2) is 4.57. The molecular weight excluding hydrogens is 170 g/mol. The van der Waals surface area contributed by atoms with Gasteiger partial charge in [0.15, 0.2) is 0 Å². The second-order valence-corrected chi connectivity index (χ2v) is 2.52. The summed E-state index contributed by atoms with van der Waals surface area (Å²) >= 11 is 0. The molecule has 13 heavy (non-hydrogen) atoms. The third-order valence-electron chi connectivity index (χ3n) is 1.51. The zero-order valence-corrected chi connectivity index (χ0v) is 7.36. The van der Waals surface area contributed by atoms with Crippen LogP contribution in [0.2, 0.25) is 0 Å². The van der Waals surface area contributed by atoms with E-state index < -0.39 is 5.97 Å². The normalized spacial score (nSPS) is 9.92. The highest BCUT2D eigenvalue weighted by molar-refractivity contribution is 5.87. The third kappa shape index (κ3) is 2.83. The molecule has 0 radical (unpaired) electrons. The van der Waals surface area contributed by atoms with Gasteiger partial charge in [-0.1, -0.05) is 0 Å². The molecule has 4 nitrogen and oxygen atoms in total. The fourth-order valence-corrected chi connectivity index (χ4v) is 0.903. The number of hydrogen-bond acceptors (Lipinski definition) is 3. The summed E-state index contributed by atoms with van der Waals surface area (Å²) in [6.07, 6.45) is 2.92. The van der Waals surface area contributed by atoms with Crippen LogP contribution in [-0.2, 0) is 11.3 Å². The van der Waals surface area contributed by atoms with Crippen molar-refractivity contribution < 1.29 is 14.6 Å². The third-order valence-corrected chi connectivity index (χ3v) is 1.51. The Kier molecular flexibility index (Phi) is 3.40. The molecule has 0 bridgehead atoms. The molecule has 4 heteroatoms. The highest BCUT2D eigenvalue weighted by atomic mass is 16.5. The Morgan fingerprint density at radius 2 is 2.38 bits per heavy atom. The highest BCUT2D eigenvalue weighted by Crippen LogP contribution is 2.03. The maximum absolute atomic E-state index is 10.5. The van der Waals surface area contributed by atoms with E-state index in [0.717, 1.165) is 5.56 Å². The lowest BCUT2D eigenvalue weighted by Crippen LogP contribution is -2.00. The van der Waals surface area contributed by atoms with Crippen LogP contribution in [0.15, 0.2) is 18.5 Å². The van der Waals surface area contributed by atoms with Crippen LogP contribution in [0, 0.1) is 0 Å². The molecule has 1 heterocycles. The Morgan fingerprint density at radius 3 is 3.00 bits per heavy atom. The molecule has 0 saturated carbocycles. The first kappa shape index (κ1) is 9.67. The van der Waals surface area contributed by atoms with E-state index in [1.807, 2.05) is 6.92 Å². The number of rotatable bonds is 4. The molecule has 0 aliphatic heterocycles. The number of ether oxygens (including phenoxy) is 1. The molecule has 0 aromatic carbocycles. The van der Waals surface area contributed by atoms with Gasteiger partial charge in [-0.2, -0.15) is 0 Å². The lowest BCUT2D eigenvalue weighted by atomic mass is 10.2. The summed E-state index contributed by atoms with van der Waals surface area (Å²) in [5.74, 6) is -0.967. The van der Waals surface area contributed by atoms with Gasteiger partial charge in [-0.15, -0.1) is 0 Å². The lowest BCUT2D eigenvalue weighted by Gasteiger charge is -2.01. The van der Waals surface area contributed by atoms with E-state index in [1.165, 1.54) is 6.20 Å². The van der Waals surface area contributed by atoms with Crippen LogP contribution in [0.25, 0.3) is 0 Å². The average molecular weight is 181 g/mol. The first-order chi connectivity index (χ1) is 6.24. The van der Waals surface area contributed by atoms with E-state index in [-0.39, 0.29) is 5.56 Å². The maximum atomic E-state index is 10.5. The summed E-state index contributed by atoms with van der Waals surface area (Å²) in [6, 6.07) is 1.56. The fourth-order valence-electron chi connectivity index (χ4n) is 0.903. The molecular formula is C9H11NO3. The molecule has 0 amide bonds. The van der Waals surface area contributed by atoms with Gasteiger partial charge < -0.3 is 9.84 Å². The van der Waals surface area contributed by atoms with E-state index in [2.05, 4.69) is 4.98 Å². The largest absolute Gasteiger partial charge is 0.478 e. The van der Waals surface area contributed by atoms with Crippen LogP contribution in [-0.4, -0.2) is 22.7 Å². The summed E-state index contributed by atoms with van der Waals surface area (Å²) in [5, 5.41) is 8.65. The lowest BCUT2D eigenvalue weighted by molar-refractivity contribution is 0.0696. The Balaban J connectivity index is 2.73. The Labute approximate surface area is 76.2 Å². The van der Waals surface area contributed by atoms with Gasteiger partial charge in [0.25, 0.3) is 0 Å². The number of carbonyl (C=O) groups is 1. The number of aromatic carboxylic acids is 1. The quantitative estimate of drug-likeness (QED) is 0.760. The summed E-state index contributed by atoms with van der Waals surface area (Å²) in [7, 11) is 0. The highest BCUT2D eigenvalue weighted by Gasteiger charge is 2.03. The first-order valence-electron chi connectivity index (χ1n) is 3.99. The van der Waals surface area contributed by atoms with Gasteiger partial charge in [0.1, 0.15) is 0 Å². The van der Waals surface area contributed by atoms with Crippen molar-refractivity contribution in [2.24, 2.45) is 0 Å². The standard InChI is InChI=1S/C9H11NO3/c1-2-13-6-7-3-8(9(11)12)5-10-4-7/h3-5H,2,6H2,1H3,(H,11,12). The molecule has 0 fully saturated rings. The fraction of sp³-hybridized carbons (Fsp3) is 0.333. The van der Waals surface area contributed by atoms with Gasteiger partial charge in [0.05, 0.1) is 12.2 Å². The van der Waals surface area contributed by atoms with Crippen LogP contribution in [0.4, 0.5) is 0 Å². The van der Waals surface area contributed by atoms with Gasteiger partial charge >= 0.3 is 5.97 Å². The molecule has 0 saturated heterocycles. The molecule has 0 unspecified atom stereocenters. The second-order valence-electron chi connectivity index (χ2n) is 2.52. The van der Waals surface area contributed by atoms with Crippen molar-refractivity contribution in [2.75, 3.05) is 6.61 Å². The smallest absolute Gasteiger partial charge is 0.337 e. The molecule has 0 aliphatic carbocycles. The Hall–Kier alpha value is -1.42. The van der Waals surface area contributed by atoms with Crippen molar-refractivity contribution in [1.29, 1.82) is 0 Å². The number of pyridine rings is 1. The summed E-state index contributed by atoms with van der Waals surface area (Å²) < 4.78 is 5.12. The van der Waals surface area contributed by atoms with Gasteiger partial charge in [0, 0.05) is 19.0 Å². The van der Waals surface area contributed by atoms with Crippen LogP contribution < -0.4 is 0 Å². The van der Waals surface area contributed by atoms with Crippen molar-refractivity contribution in [2.45, 2.75) is 13.5 Å². The minimum Gasteiger partial charge on any atom is -0.478 e. The number of aromatic nitrogens is 1. The zero-order chi connectivity index (χ0) is 9.68. The van der Waals surface area contributed by atoms with Crippen molar-refractivity contribution in [3.63, 3.8) is 0 Å². The number of carboxylic acids is 1. The van der Waals surface area contributed by atoms with E-state index in [4.69, 9.17) is 9.84 Å². The van der Waals surface area contributed by atoms with Gasteiger partial charge in [-0.3, -0.25) is 4.98 Å². The molecule has 1 aromatic heterocycles. The van der Waals surface area contributed by atoms with Gasteiger partial charge in [0.2, 0.25) is 0 Å². The molecule has 70 valence electrons. The summed E-state index contributed by atoms with van der Waals surface area (Å²) in [4.78, 5) is 14.3. The SMILES string of the molecule is CCOCc1cncc(C(=O)O)c1. The van der Waals surface area contributed by atoms with E-state index in [0.29, 0.717) is 13.2 Å². The van der Waals surface area contributed by atoms with Crippen LogP contribution in [0.5, 0.6) is 0 Å². The molecule has 1 aromatic rings. The number of carboxylic acid groups (broad SMARTS) is 1. The van der Waals surface area contributed by atoms with Crippen LogP contribution in [0.1, 0.15) is 22.8 Å². The van der Waals surface area contributed by atoms with Crippen LogP contribution in [0.3, 0.4) is 0 Å².